The number of hydrogen-bond donors (Lipinski definition) is 0. The minimum atomic E-state index is -2.67. The molecule has 0 N–H and O–H groups in total. The molecule has 6 atom stereocenters. The standard InChI is InChI=1S/C29H35ClN4O3SeSi/c1-28(2,3)39(19-12-8-6-9-13-19,20-14-10-7-11-15-20)35-16-21-23-24(37-29(4,5)36-23)27(38-21)34-18-33-26-22(34)25(30)31-17-32-26/h6-15,17-18,21-24,26-27H,16H2,1-5H3. The maximum atomic E-state index is 7.36. The van der Waals surface area contributed by atoms with E-state index < -0.39 is 14.1 Å². The Morgan fingerprint density at radius 2 is 1.59 bits per heavy atom. The fourth-order valence-electron chi connectivity index (χ4n) is 6.28. The van der Waals surface area contributed by atoms with Crippen molar-refractivity contribution in [2.24, 2.45) is 15.0 Å². The van der Waals surface area contributed by atoms with Crippen LogP contribution in [0.1, 0.15) is 34.6 Å². The first kappa shape index (κ1) is 27.3. The molecule has 0 spiro atoms. The molecule has 0 aliphatic carbocycles. The van der Waals surface area contributed by atoms with Crippen LogP contribution in [0.5, 0.6) is 0 Å². The van der Waals surface area contributed by atoms with E-state index in [0.29, 0.717) is 11.8 Å². The molecule has 2 saturated heterocycles. The summed E-state index contributed by atoms with van der Waals surface area (Å²) in [6.07, 6.45) is 2.96. The van der Waals surface area contributed by atoms with Crippen molar-refractivity contribution >= 4 is 63.1 Å². The summed E-state index contributed by atoms with van der Waals surface area (Å²) in [5, 5.41) is 2.99. The monoisotopic (exact) mass is 630 g/mol. The normalized spacial score (nSPS) is 31.3. The quantitative estimate of drug-likeness (QED) is 0.458. The van der Waals surface area contributed by atoms with Gasteiger partial charge < -0.3 is 0 Å². The summed E-state index contributed by atoms with van der Waals surface area (Å²) in [7, 11) is -2.67. The fourth-order valence-corrected chi connectivity index (χ4v) is 14.7. The number of benzene rings is 2. The van der Waals surface area contributed by atoms with E-state index in [1.165, 1.54) is 16.7 Å². The first-order valence-electron chi connectivity index (χ1n) is 13.4. The van der Waals surface area contributed by atoms with E-state index >= 15 is 0 Å². The average Bonchev–Trinajstić information content (AvgIpc) is 3.56. The second-order valence-electron chi connectivity index (χ2n) is 11.9. The Labute approximate surface area is 243 Å². The van der Waals surface area contributed by atoms with Crippen molar-refractivity contribution in [1.82, 2.24) is 4.90 Å². The number of nitrogens with zero attached hydrogens (tertiary/aromatic N) is 4. The Hall–Kier alpha value is -1.84. The van der Waals surface area contributed by atoms with Crippen LogP contribution >= 0.6 is 11.6 Å². The molecule has 0 aromatic heterocycles. The molecule has 7 nitrogen and oxygen atoms in total. The van der Waals surface area contributed by atoms with Crippen molar-refractivity contribution in [2.75, 3.05) is 6.61 Å². The van der Waals surface area contributed by atoms with Gasteiger partial charge in [-0.25, -0.2) is 0 Å². The van der Waals surface area contributed by atoms with Gasteiger partial charge in [0.05, 0.1) is 0 Å². The summed E-state index contributed by atoms with van der Waals surface area (Å²) in [5.74, 6) is -0.668. The Bertz CT molecular complexity index is 1250. The molecule has 0 amide bonds. The predicted molar refractivity (Wildman–Crippen MR) is 160 cm³/mol. The number of fused-ring (bicyclic) bond motifs is 2. The van der Waals surface area contributed by atoms with Crippen LogP contribution in [0.4, 0.5) is 0 Å². The molecule has 6 unspecified atom stereocenters. The van der Waals surface area contributed by atoms with Gasteiger partial charge in [0.1, 0.15) is 0 Å². The molecule has 2 aromatic carbocycles. The van der Waals surface area contributed by atoms with Gasteiger partial charge in [0.25, 0.3) is 0 Å². The zero-order valence-corrected chi connectivity index (χ0v) is 26.4. The molecule has 39 heavy (non-hydrogen) atoms. The van der Waals surface area contributed by atoms with Crippen molar-refractivity contribution in [3.8, 4) is 0 Å². The third-order valence-corrected chi connectivity index (χ3v) is 16.5. The van der Waals surface area contributed by atoms with E-state index in [1.54, 1.807) is 0 Å². The molecule has 4 aliphatic rings. The summed E-state index contributed by atoms with van der Waals surface area (Å²) in [6.45, 7) is 11.5. The van der Waals surface area contributed by atoms with Crippen LogP contribution in [0.15, 0.2) is 75.6 Å². The van der Waals surface area contributed by atoms with Crippen LogP contribution < -0.4 is 10.4 Å². The fraction of sp³-hybridized carbons (Fsp3) is 0.483. The van der Waals surface area contributed by atoms with Gasteiger partial charge >= 0.3 is 244 Å². The molecule has 4 heterocycles. The Morgan fingerprint density at radius 3 is 2.21 bits per heavy atom. The van der Waals surface area contributed by atoms with Crippen LogP contribution in [0.3, 0.4) is 0 Å². The first-order chi connectivity index (χ1) is 18.6. The van der Waals surface area contributed by atoms with E-state index in [2.05, 4.69) is 101 Å². The number of ether oxygens (including phenoxy) is 2. The Kier molecular flexibility index (Phi) is 7.16. The predicted octanol–water partition coefficient (Wildman–Crippen LogP) is 3.63. The van der Waals surface area contributed by atoms with Crippen molar-refractivity contribution in [2.45, 2.75) is 79.6 Å². The molecule has 2 fully saturated rings. The number of aliphatic imine (C=N–C) groups is 3. The second kappa shape index (κ2) is 10.2. The summed E-state index contributed by atoms with van der Waals surface area (Å²) in [4.78, 5) is 15.9. The third-order valence-electron chi connectivity index (χ3n) is 7.90. The van der Waals surface area contributed by atoms with E-state index in [4.69, 9.17) is 25.5 Å². The topological polar surface area (TPSA) is 68.0 Å². The van der Waals surface area contributed by atoms with Crippen molar-refractivity contribution < 1.29 is 13.9 Å². The molecular weight excluding hydrogens is 595 g/mol. The Balaban J connectivity index is 1.33. The van der Waals surface area contributed by atoms with Crippen LogP contribution in [-0.2, 0) is 13.9 Å². The van der Waals surface area contributed by atoms with E-state index in [1.807, 2.05) is 20.2 Å². The summed E-state index contributed by atoms with van der Waals surface area (Å²) in [6, 6.07) is 21.4. The second-order valence-corrected chi connectivity index (χ2v) is 19.4. The van der Waals surface area contributed by atoms with Gasteiger partial charge in [0.2, 0.25) is 0 Å². The van der Waals surface area contributed by atoms with Gasteiger partial charge in [0, 0.05) is 0 Å². The first-order valence-corrected chi connectivity index (χ1v) is 17.7. The molecule has 0 radical (unpaired) electrons. The summed E-state index contributed by atoms with van der Waals surface area (Å²) < 4.78 is 20.5. The van der Waals surface area contributed by atoms with Crippen LogP contribution in [0.25, 0.3) is 0 Å². The SMILES string of the molecule is CC1(C)OC2C(CO[Si](c3ccccc3)(c3ccccc3)C(C)(C)C)[Se]C(N3C=NC4N=CN=C(Cl)C43)C2O1. The minimum absolute atomic E-state index is 0.0709. The van der Waals surface area contributed by atoms with Crippen LogP contribution in [-0.4, -0.2) is 87.8 Å². The zero-order valence-electron chi connectivity index (χ0n) is 22.9. The number of hydrogen-bond acceptors (Lipinski definition) is 7. The van der Waals surface area contributed by atoms with Gasteiger partial charge in [-0.3, -0.25) is 0 Å². The van der Waals surface area contributed by atoms with Crippen molar-refractivity contribution in [3.05, 3.63) is 60.7 Å². The van der Waals surface area contributed by atoms with Gasteiger partial charge in [0.15, 0.2) is 0 Å². The molecular formula is C29H35ClN4O3SeSi. The van der Waals surface area contributed by atoms with E-state index in [9.17, 15) is 0 Å². The third kappa shape index (κ3) is 4.76. The summed E-state index contributed by atoms with van der Waals surface area (Å²) in [5.41, 5.74) is 0. The van der Waals surface area contributed by atoms with Crippen molar-refractivity contribution in [1.29, 1.82) is 0 Å². The molecule has 2 aromatic rings. The summed E-state index contributed by atoms with van der Waals surface area (Å²) >= 11 is 6.69. The number of rotatable bonds is 6. The number of halogens is 1. The van der Waals surface area contributed by atoms with Crippen LogP contribution in [0, 0.1) is 0 Å². The molecule has 206 valence electrons. The Morgan fingerprint density at radius 1 is 0.974 bits per heavy atom. The van der Waals surface area contributed by atoms with E-state index in [-0.39, 0.29) is 54.2 Å². The van der Waals surface area contributed by atoms with Gasteiger partial charge in [-0.1, -0.05) is 0 Å². The molecule has 0 bridgehead atoms. The average molecular weight is 630 g/mol. The molecule has 10 heteroatoms. The van der Waals surface area contributed by atoms with Gasteiger partial charge in [-0.05, 0) is 0 Å². The maximum absolute atomic E-state index is 7.36. The van der Waals surface area contributed by atoms with Crippen molar-refractivity contribution in [3.63, 3.8) is 0 Å². The zero-order chi connectivity index (χ0) is 27.4. The van der Waals surface area contributed by atoms with Gasteiger partial charge in [-0.15, -0.1) is 0 Å². The molecule has 6 rings (SSSR count). The van der Waals surface area contributed by atoms with E-state index in [0.717, 1.165) is 0 Å². The molecule has 4 aliphatic heterocycles. The van der Waals surface area contributed by atoms with Crippen LogP contribution in [0.2, 0.25) is 9.85 Å². The molecule has 0 saturated carbocycles. The van der Waals surface area contributed by atoms with Gasteiger partial charge in [-0.2, -0.15) is 0 Å².